The molecule has 0 aliphatic heterocycles. The summed E-state index contributed by atoms with van der Waals surface area (Å²) in [6.07, 6.45) is 2.71. The van der Waals surface area contributed by atoms with E-state index in [2.05, 4.69) is 5.32 Å². The summed E-state index contributed by atoms with van der Waals surface area (Å²) in [4.78, 5) is 10.7. The van der Waals surface area contributed by atoms with E-state index in [0.717, 1.165) is 19.3 Å². The van der Waals surface area contributed by atoms with E-state index >= 15 is 0 Å². The van der Waals surface area contributed by atoms with Gasteiger partial charge in [-0.2, -0.15) is 0 Å². The monoisotopic (exact) mass is 189 g/mol. The van der Waals surface area contributed by atoms with Gasteiger partial charge in [0.2, 0.25) is 0 Å². The third kappa shape index (κ3) is 2.95. The molecule has 13 heavy (non-hydrogen) atoms. The van der Waals surface area contributed by atoms with Crippen molar-refractivity contribution in [1.82, 2.24) is 5.32 Å². The van der Waals surface area contributed by atoms with Gasteiger partial charge >= 0.3 is 5.97 Å². The van der Waals surface area contributed by atoms with E-state index in [1.807, 2.05) is 0 Å². The van der Waals surface area contributed by atoms with Gasteiger partial charge in [-0.15, -0.1) is 0 Å². The predicted molar refractivity (Wildman–Crippen MR) is 47.3 cm³/mol. The number of alkyl halides is 1. The summed E-state index contributed by atoms with van der Waals surface area (Å²) in [7, 11) is 0. The topological polar surface area (TPSA) is 49.3 Å². The molecule has 76 valence electrons. The zero-order chi connectivity index (χ0) is 9.68. The average Bonchev–Trinajstić information content (AvgIpc) is 2.53. The molecule has 0 bridgehead atoms. The second-order valence-electron chi connectivity index (χ2n) is 3.53. The summed E-state index contributed by atoms with van der Waals surface area (Å²) < 4.78 is 11.7. The fraction of sp³-hybridized carbons (Fsp3) is 0.889. The number of carboxylic acids is 1. The van der Waals surface area contributed by atoms with Gasteiger partial charge < -0.3 is 10.4 Å². The fourth-order valence-electron chi connectivity index (χ4n) is 1.96. The second kappa shape index (κ2) is 5.17. The largest absolute Gasteiger partial charge is 0.481 e. The van der Waals surface area contributed by atoms with Gasteiger partial charge in [0, 0.05) is 6.54 Å². The SMILES string of the molecule is O=C(O)C1CCCC1CNCCF. The molecular formula is C9H16FNO2. The van der Waals surface area contributed by atoms with Crippen LogP contribution in [-0.2, 0) is 4.79 Å². The zero-order valence-electron chi connectivity index (χ0n) is 7.63. The Morgan fingerprint density at radius 3 is 2.92 bits per heavy atom. The molecule has 0 aromatic heterocycles. The molecule has 2 N–H and O–H groups in total. The predicted octanol–water partition coefficient (Wildman–Crippen LogP) is 1.05. The number of nitrogens with one attached hydrogen (secondary N) is 1. The van der Waals surface area contributed by atoms with E-state index < -0.39 is 5.97 Å². The molecule has 0 radical (unpaired) electrons. The van der Waals surface area contributed by atoms with Gasteiger partial charge in [-0.25, -0.2) is 4.39 Å². The van der Waals surface area contributed by atoms with Crippen LogP contribution in [0, 0.1) is 11.8 Å². The van der Waals surface area contributed by atoms with Crippen molar-refractivity contribution in [3.05, 3.63) is 0 Å². The van der Waals surface area contributed by atoms with Gasteiger partial charge in [-0.1, -0.05) is 6.42 Å². The normalized spacial score (nSPS) is 27.8. The maximum atomic E-state index is 11.7. The van der Waals surface area contributed by atoms with Gasteiger partial charge in [0.25, 0.3) is 0 Å². The molecule has 1 rings (SSSR count). The first-order valence-corrected chi connectivity index (χ1v) is 4.75. The molecule has 1 fully saturated rings. The van der Waals surface area contributed by atoms with Crippen molar-refractivity contribution in [2.75, 3.05) is 19.8 Å². The van der Waals surface area contributed by atoms with Crippen molar-refractivity contribution >= 4 is 5.97 Å². The third-order valence-corrected chi connectivity index (χ3v) is 2.65. The number of carboxylic acid groups (broad SMARTS) is 1. The molecule has 1 aliphatic rings. The van der Waals surface area contributed by atoms with Crippen LogP contribution in [0.2, 0.25) is 0 Å². The second-order valence-corrected chi connectivity index (χ2v) is 3.53. The molecule has 0 aromatic rings. The van der Waals surface area contributed by atoms with E-state index in [0.29, 0.717) is 13.1 Å². The van der Waals surface area contributed by atoms with Crippen molar-refractivity contribution in [3.63, 3.8) is 0 Å². The van der Waals surface area contributed by atoms with Crippen LogP contribution in [0.15, 0.2) is 0 Å². The lowest BCUT2D eigenvalue weighted by molar-refractivity contribution is -0.142. The van der Waals surface area contributed by atoms with Crippen LogP contribution in [0.3, 0.4) is 0 Å². The van der Waals surface area contributed by atoms with Crippen molar-refractivity contribution in [2.24, 2.45) is 11.8 Å². The Hall–Kier alpha value is -0.640. The standard InChI is InChI=1S/C9H16FNO2/c10-4-5-11-6-7-2-1-3-8(7)9(12)13/h7-8,11H,1-6H2,(H,12,13). The molecule has 0 aromatic carbocycles. The van der Waals surface area contributed by atoms with E-state index in [1.165, 1.54) is 0 Å². The van der Waals surface area contributed by atoms with E-state index in [1.54, 1.807) is 0 Å². The quantitative estimate of drug-likeness (QED) is 0.635. The van der Waals surface area contributed by atoms with Crippen LogP contribution < -0.4 is 5.32 Å². The lowest BCUT2D eigenvalue weighted by atomic mass is 9.96. The first-order valence-electron chi connectivity index (χ1n) is 4.75. The van der Waals surface area contributed by atoms with Crippen molar-refractivity contribution in [3.8, 4) is 0 Å². The molecule has 0 heterocycles. The minimum atomic E-state index is -0.704. The molecule has 0 amide bonds. The van der Waals surface area contributed by atoms with Crippen LogP contribution in [0.25, 0.3) is 0 Å². The summed E-state index contributed by atoms with van der Waals surface area (Å²) >= 11 is 0. The first kappa shape index (κ1) is 10.4. The van der Waals surface area contributed by atoms with Gasteiger partial charge in [-0.3, -0.25) is 4.79 Å². The Morgan fingerprint density at radius 2 is 2.31 bits per heavy atom. The lowest BCUT2D eigenvalue weighted by Crippen LogP contribution is -2.30. The summed E-state index contributed by atoms with van der Waals surface area (Å²) in [6.45, 7) is 0.591. The Balaban J connectivity index is 2.27. The van der Waals surface area contributed by atoms with Crippen molar-refractivity contribution in [2.45, 2.75) is 19.3 Å². The lowest BCUT2D eigenvalue weighted by Gasteiger charge is -2.15. The van der Waals surface area contributed by atoms with Crippen molar-refractivity contribution < 1.29 is 14.3 Å². The van der Waals surface area contributed by atoms with Crippen LogP contribution in [0.5, 0.6) is 0 Å². The molecule has 0 spiro atoms. The Labute approximate surface area is 77.3 Å². The average molecular weight is 189 g/mol. The molecule has 3 nitrogen and oxygen atoms in total. The summed E-state index contributed by atoms with van der Waals surface area (Å²) in [6, 6.07) is 0. The molecule has 0 saturated heterocycles. The first-order chi connectivity index (χ1) is 6.25. The maximum absolute atomic E-state index is 11.7. The number of aliphatic carboxylic acids is 1. The highest BCUT2D eigenvalue weighted by Crippen LogP contribution is 2.31. The zero-order valence-corrected chi connectivity index (χ0v) is 7.63. The smallest absolute Gasteiger partial charge is 0.306 e. The minimum absolute atomic E-state index is 0.198. The number of hydrogen-bond donors (Lipinski definition) is 2. The van der Waals surface area contributed by atoms with Gasteiger partial charge in [0.05, 0.1) is 5.92 Å². The maximum Gasteiger partial charge on any atom is 0.306 e. The van der Waals surface area contributed by atoms with Crippen LogP contribution in [0.1, 0.15) is 19.3 Å². The molecule has 2 atom stereocenters. The highest BCUT2D eigenvalue weighted by Gasteiger charge is 2.32. The van der Waals surface area contributed by atoms with E-state index in [4.69, 9.17) is 5.11 Å². The van der Waals surface area contributed by atoms with Gasteiger partial charge in [-0.05, 0) is 25.3 Å². The van der Waals surface area contributed by atoms with Gasteiger partial charge in [0.15, 0.2) is 0 Å². The Kier molecular flexibility index (Phi) is 4.15. The molecule has 4 heteroatoms. The van der Waals surface area contributed by atoms with E-state index in [-0.39, 0.29) is 18.5 Å². The van der Waals surface area contributed by atoms with Crippen LogP contribution in [0.4, 0.5) is 4.39 Å². The Morgan fingerprint density at radius 1 is 1.54 bits per heavy atom. The molecule has 2 unspecified atom stereocenters. The number of hydrogen-bond acceptors (Lipinski definition) is 2. The van der Waals surface area contributed by atoms with Crippen LogP contribution in [-0.4, -0.2) is 30.8 Å². The molecular weight excluding hydrogens is 173 g/mol. The van der Waals surface area contributed by atoms with Gasteiger partial charge in [0.1, 0.15) is 6.67 Å². The van der Waals surface area contributed by atoms with Crippen LogP contribution >= 0.6 is 0 Å². The number of rotatable bonds is 5. The Bertz CT molecular complexity index is 175. The highest BCUT2D eigenvalue weighted by atomic mass is 19.1. The number of carbonyl (C=O) groups is 1. The summed E-state index contributed by atoms with van der Waals surface area (Å²) in [5.74, 6) is -0.722. The summed E-state index contributed by atoms with van der Waals surface area (Å²) in [5.41, 5.74) is 0. The minimum Gasteiger partial charge on any atom is -0.481 e. The third-order valence-electron chi connectivity index (χ3n) is 2.65. The van der Waals surface area contributed by atoms with E-state index in [9.17, 15) is 9.18 Å². The molecule has 1 saturated carbocycles. The number of halogens is 1. The highest BCUT2D eigenvalue weighted by molar-refractivity contribution is 5.70. The molecule has 1 aliphatic carbocycles. The van der Waals surface area contributed by atoms with Crippen molar-refractivity contribution in [1.29, 1.82) is 0 Å². The fourth-order valence-corrected chi connectivity index (χ4v) is 1.96. The summed E-state index contributed by atoms with van der Waals surface area (Å²) in [5, 5.41) is 11.8.